The Kier molecular flexibility index (Phi) is 4.33. The van der Waals surface area contributed by atoms with Crippen molar-refractivity contribution >= 4 is 11.7 Å². The third-order valence-corrected chi connectivity index (χ3v) is 3.38. The van der Waals surface area contributed by atoms with Crippen LogP contribution < -0.4 is 11.5 Å². The van der Waals surface area contributed by atoms with Gasteiger partial charge in [0.25, 0.3) is 5.91 Å². The second-order valence-corrected chi connectivity index (χ2v) is 5.03. The average Bonchev–Trinajstić information content (AvgIpc) is 2.72. The fraction of sp³-hybridized carbons (Fsp3) is 0.286. The highest BCUT2D eigenvalue weighted by Gasteiger charge is 2.30. The van der Waals surface area contributed by atoms with Crippen molar-refractivity contribution in [3.8, 4) is 0 Å². The molecule has 2 aromatic rings. The number of carbonyl (C=O) groups is 1. The standard InChI is InChI=1S/C14H15F3N4O2/c1-7-11(13(19)23)12(18)21(20-7)6-10(22)8-2-4-9(5-3-8)14(15,16)17/h2-5,10,22H,6,18H2,1H3,(H2,19,23). The maximum Gasteiger partial charge on any atom is 0.416 e. The van der Waals surface area contributed by atoms with Gasteiger partial charge in [0.2, 0.25) is 0 Å². The van der Waals surface area contributed by atoms with Crippen molar-refractivity contribution in [1.82, 2.24) is 9.78 Å². The van der Waals surface area contributed by atoms with Gasteiger partial charge in [-0.15, -0.1) is 0 Å². The topological polar surface area (TPSA) is 107 Å². The highest BCUT2D eigenvalue weighted by Crippen LogP contribution is 2.30. The summed E-state index contributed by atoms with van der Waals surface area (Å²) < 4.78 is 38.7. The normalized spacial score (nSPS) is 13.1. The maximum atomic E-state index is 12.5. The lowest BCUT2D eigenvalue weighted by molar-refractivity contribution is -0.137. The second-order valence-electron chi connectivity index (χ2n) is 5.03. The summed E-state index contributed by atoms with van der Waals surface area (Å²) in [5.41, 5.74) is 10.8. The number of rotatable bonds is 4. The number of halogens is 3. The first-order valence-corrected chi connectivity index (χ1v) is 6.59. The lowest BCUT2D eigenvalue weighted by atomic mass is 10.1. The molecule has 1 unspecified atom stereocenters. The Morgan fingerprint density at radius 3 is 2.35 bits per heavy atom. The van der Waals surface area contributed by atoms with Crippen LogP contribution in [-0.2, 0) is 12.7 Å². The van der Waals surface area contributed by atoms with Gasteiger partial charge < -0.3 is 16.6 Å². The largest absolute Gasteiger partial charge is 0.416 e. The number of aliphatic hydroxyl groups is 1. The van der Waals surface area contributed by atoms with Gasteiger partial charge in [-0.05, 0) is 24.6 Å². The number of hydrogen-bond donors (Lipinski definition) is 3. The highest BCUT2D eigenvalue weighted by molar-refractivity contribution is 5.98. The highest BCUT2D eigenvalue weighted by atomic mass is 19.4. The fourth-order valence-corrected chi connectivity index (χ4v) is 2.21. The van der Waals surface area contributed by atoms with Crippen LogP contribution in [0.25, 0.3) is 0 Å². The van der Waals surface area contributed by atoms with Gasteiger partial charge in [-0.25, -0.2) is 4.68 Å². The molecule has 2 rings (SSSR count). The second kappa shape index (κ2) is 5.92. The van der Waals surface area contributed by atoms with Crippen LogP contribution in [0.3, 0.4) is 0 Å². The van der Waals surface area contributed by atoms with Gasteiger partial charge in [-0.2, -0.15) is 18.3 Å². The molecule has 0 fully saturated rings. The van der Waals surface area contributed by atoms with E-state index in [1.807, 2.05) is 0 Å². The fourth-order valence-electron chi connectivity index (χ4n) is 2.21. The monoisotopic (exact) mass is 328 g/mol. The lowest BCUT2D eigenvalue weighted by Gasteiger charge is -2.14. The van der Waals surface area contributed by atoms with E-state index in [2.05, 4.69) is 5.10 Å². The summed E-state index contributed by atoms with van der Waals surface area (Å²) in [7, 11) is 0. The summed E-state index contributed by atoms with van der Waals surface area (Å²) in [6.07, 6.45) is -5.58. The van der Waals surface area contributed by atoms with E-state index in [-0.39, 0.29) is 23.5 Å². The Balaban J connectivity index is 2.21. The number of nitrogen functional groups attached to an aromatic ring is 1. The molecule has 23 heavy (non-hydrogen) atoms. The first-order valence-electron chi connectivity index (χ1n) is 6.59. The van der Waals surface area contributed by atoms with Crippen LogP contribution in [0.1, 0.15) is 33.3 Å². The van der Waals surface area contributed by atoms with Crippen LogP contribution in [0.2, 0.25) is 0 Å². The van der Waals surface area contributed by atoms with Crippen LogP contribution in [0.5, 0.6) is 0 Å². The predicted octanol–water partition coefficient (Wildman–Crippen LogP) is 1.63. The molecule has 124 valence electrons. The minimum absolute atomic E-state index is 0.000890. The third kappa shape index (κ3) is 3.45. The number of carbonyl (C=O) groups excluding carboxylic acids is 1. The van der Waals surface area contributed by atoms with Crippen LogP contribution >= 0.6 is 0 Å². The smallest absolute Gasteiger partial charge is 0.386 e. The molecule has 0 aliphatic rings. The van der Waals surface area contributed by atoms with Gasteiger partial charge >= 0.3 is 6.18 Å². The van der Waals surface area contributed by atoms with Crippen LogP contribution in [-0.4, -0.2) is 20.8 Å². The zero-order chi connectivity index (χ0) is 17.4. The van der Waals surface area contributed by atoms with Gasteiger partial charge in [0.1, 0.15) is 11.4 Å². The Morgan fingerprint density at radius 2 is 1.91 bits per heavy atom. The Hall–Kier alpha value is -2.55. The zero-order valence-corrected chi connectivity index (χ0v) is 12.1. The van der Waals surface area contributed by atoms with Crippen molar-refractivity contribution in [3.05, 3.63) is 46.6 Å². The van der Waals surface area contributed by atoms with Crippen molar-refractivity contribution in [1.29, 1.82) is 0 Å². The van der Waals surface area contributed by atoms with E-state index in [4.69, 9.17) is 11.5 Å². The van der Waals surface area contributed by atoms with Gasteiger partial charge in [0.05, 0.1) is 23.9 Å². The summed E-state index contributed by atoms with van der Waals surface area (Å²) in [6, 6.07) is 4.11. The number of aliphatic hydroxyl groups excluding tert-OH is 1. The number of alkyl halides is 3. The van der Waals surface area contributed by atoms with Crippen LogP contribution in [0, 0.1) is 6.92 Å². The number of aryl methyl sites for hydroxylation is 1. The maximum absolute atomic E-state index is 12.5. The zero-order valence-electron chi connectivity index (χ0n) is 12.1. The van der Waals surface area contributed by atoms with Crippen molar-refractivity contribution < 1.29 is 23.1 Å². The van der Waals surface area contributed by atoms with Crippen molar-refractivity contribution in [2.45, 2.75) is 25.7 Å². The summed E-state index contributed by atoms with van der Waals surface area (Å²) in [4.78, 5) is 11.3. The van der Waals surface area contributed by atoms with E-state index >= 15 is 0 Å². The quantitative estimate of drug-likeness (QED) is 0.793. The molecule has 0 spiro atoms. The van der Waals surface area contributed by atoms with Gasteiger partial charge in [-0.1, -0.05) is 12.1 Å². The SMILES string of the molecule is Cc1nn(CC(O)c2ccc(C(F)(F)F)cc2)c(N)c1C(N)=O. The molecule has 0 saturated carbocycles. The van der Waals surface area contributed by atoms with Gasteiger partial charge in [-0.3, -0.25) is 4.79 Å². The molecule has 6 nitrogen and oxygen atoms in total. The van der Waals surface area contributed by atoms with Crippen LogP contribution in [0.4, 0.5) is 19.0 Å². The summed E-state index contributed by atoms with van der Waals surface area (Å²) in [5, 5.41) is 14.1. The number of aromatic nitrogens is 2. The molecule has 1 atom stereocenters. The average molecular weight is 328 g/mol. The number of nitrogens with zero attached hydrogens (tertiary/aromatic N) is 2. The number of amides is 1. The van der Waals surface area contributed by atoms with Gasteiger partial charge in [0, 0.05) is 0 Å². The number of primary amides is 1. The van der Waals surface area contributed by atoms with Crippen molar-refractivity contribution in [3.63, 3.8) is 0 Å². The number of anilines is 1. The molecule has 0 aliphatic heterocycles. The minimum atomic E-state index is -4.44. The van der Waals surface area contributed by atoms with E-state index in [1.165, 1.54) is 23.7 Å². The molecule has 1 amide bonds. The molecule has 9 heteroatoms. The summed E-state index contributed by atoms with van der Waals surface area (Å²) in [6.45, 7) is 1.42. The molecule has 1 heterocycles. The molecule has 0 saturated heterocycles. The summed E-state index contributed by atoms with van der Waals surface area (Å²) in [5.74, 6) is -0.740. The predicted molar refractivity (Wildman–Crippen MR) is 76.3 cm³/mol. The molecule has 1 aromatic carbocycles. The minimum Gasteiger partial charge on any atom is -0.386 e. The van der Waals surface area contributed by atoms with Crippen LogP contribution in [0.15, 0.2) is 24.3 Å². The molecule has 0 bridgehead atoms. The lowest BCUT2D eigenvalue weighted by Crippen LogP contribution is -2.16. The molecule has 0 aliphatic carbocycles. The molecule has 1 aromatic heterocycles. The Labute approximate surface area is 129 Å². The molecular weight excluding hydrogens is 313 g/mol. The van der Waals surface area contributed by atoms with Crippen molar-refractivity contribution in [2.24, 2.45) is 5.73 Å². The van der Waals surface area contributed by atoms with E-state index < -0.39 is 23.8 Å². The Bertz CT molecular complexity index is 723. The van der Waals surface area contributed by atoms with E-state index in [0.717, 1.165) is 12.1 Å². The van der Waals surface area contributed by atoms with E-state index in [1.54, 1.807) is 0 Å². The third-order valence-electron chi connectivity index (χ3n) is 3.38. The summed E-state index contributed by atoms with van der Waals surface area (Å²) >= 11 is 0. The molecule has 5 N–H and O–H groups in total. The van der Waals surface area contributed by atoms with E-state index in [0.29, 0.717) is 5.69 Å². The Morgan fingerprint density at radius 1 is 1.35 bits per heavy atom. The van der Waals surface area contributed by atoms with E-state index in [9.17, 15) is 23.1 Å². The number of hydrogen-bond acceptors (Lipinski definition) is 4. The first-order chi connectivity index (χ1) is 10.6. The number of nitrogens with two attached hydrogens (primary N) is 2. The first kappa shape index (κ1) is 16.8. The van der Waals surface area contributed by atoms with Crippen molar-refractivity contribution in [2.75, 3.05) is 5.73 Å². The van der Waals surface area contributed by atoms with Gasteiger partial charge in [0.15, 0.2) is 0 Å². The molecule has 0 radical (unpaired) electrons. The molecular formula is C14H15F3N4O2. The number of benzene rings is 1.